The Kier molecular flexibility index (Phi) is 3.78. The molecule has 1 aliphatic heterocycles. The van der Waals surface area contributed by atoms with Gasteiger partial charge in [-0.3, -0.25) is 4.79 Å². The van der Waals surface area contributed by atoms with E-state index in [-0.39, 0.29) is 17.9 Å². The highest BCUT2D eigenvalue weighted by atomic mass is 16.5. The Morgan fingerprint density at radius 2 is 2.15 bits per heavy atom. The zero-order valence-corrected chi connectivity index (χ0v) is 11.0. The van der Waals surface area contributed by atoms with Gasteiger partial charge in [-0.15, -0.1) is 0 Å². The number of hydrogen-bond donors (Lipinski definition) is 1. The minimum atomic E-state index is -0.211. The fourth-order valence-electron chi connectivity index (χ4n) is 2.50. The predicted octanol–water partition coefficient (Wildman–Crippen LogP) is 2.18. The van der Waals surface area contributed by atoms with Gasteiger partial charge in [-0.25, -0.2) is 0 Å². The van der Waals surface area contributed by atoms with Gasteiger partial charge in [0.1, 0.15) is 6.26 Å². The second-order valence-electron chi connectivity index (χ2n) is 4.85. The van der Waals surface area contributed by atoms with Crippen molar-refractivity contribution in [1.29, 1.82) is 0 Å². The molecule has 0 radical (unpaired) electrons. The van der Waals surface area contributed by atoms with Crippen molar-refractivity contribution in [3.8, 4) is 0 Å². The molecule has 5 nitrogen and oxygen atoms in total. The molecule has 0 bridgehead atoms. The molecule has 1 aliphatic rings. The van der Waals surface area contributed by atoms with Gasteiger partial charge in [0.2, 0.25) is 0 Å². The van der Waals surface area contributed by atoms with E-state index in [0.29, 0.717) is 12.2 Å². The van der Waals surface area contributed by atoms with E-state index in [1.54, 1.807) is 6.07 Å². The Balaban J connectivity index is 1.61. The molecule has 1 N–H and O–H groups in total. The summed E-state index contributed by atoms with van der Waals surface area (Å²) in [5, 5.41) is 6.51. The smallest absolute Gasteiger partial charge is 0.273 e. The summed E-state index contributed by atoms with van der Waals surface area (Å²) in [6.07, 6.45) is 2.38. The van der Waals surface area contributed by atoms with Crippen molar-refractivity contribution in [2.45, 2.75) is 12.5 Å². The third-order valence-corrected chi connectivity index (χ3v) is 3.54. The van der Waals surface area contributed by atoms with Gasteiger partial charge in [0, 0.05) is 25.1 Å². The van der Waals surface area contributed by atoms with Crippen molar-refractivity contribution in [3.63, 3.8) is 0 Å². The maximum atomic E-state index is 11.8. The summed E-state index contributed by atoms with van der Waals surface area (Å²) in [5.41, 5.74) is 1.46. The topological polar surface area (TPSA) is 64.4 Å². The average molecular weight is 272 g/mol. The van der Waals surface area contributed by atoms with Crippen LogP contribution in [-0.4, -0.2) is 24.2 Å². The summed E-state index contributed by atoms with van der Waals surface area (Å²) in [4.78, 5) is 11.8. The number of benzene rings is 1. The molecule has 2 atom stereocenters. The maximum absolute atomic E-state index is 11.8. The Morgan fingerprint density at radius 3 is 2.90 bits per heavy atom. The van der Waals surface area contributed by atoms with E-state index in [2.05, 4.69) is 27.1 Å². The summed E-state index contributed by atoms with van der Waals surface area (Å²) >= 11 is 0. The zero-order chi connectivity index (χ0) is 13.8. The van der Waals surface area contributed by atoms with Crippen molar-refractivity contribution < 1.29 is 14.1 Å². The molecule has 1 aromatic heterocycles. The molecule has 1 aromatic carbocycles. The van der Waals surface area contributed by atoms with E-state index < -0.39 is 0 Å². The van der Waals surface area contributed by atoms with Crippen LogP contribution >= 0.6 is 0 Å². The van der Waals surface area contributed by atoms with Gasteiger partial charge in [-0.05, 0) is 12.0 Å². The summed E-state index contributed by atoms with van der Waals surface area (Å²) in [7, 11) is 0. The molecule has 1 saturated heterocycles. The van der Waals surface area contributed by atoms with Crippen LogP contribution in [0.15, 0.2) is 47.2 Å². The van der Waals surface area contributed by atoms with E-state index >= 15 is 0 Å². The van der Waals surface area contributed by atoms with Crippen molar-refractivity contribution in [1.82, 2.24) is 10.5 Å². The molecule has 0 aliphatic carbocycles. The Bertz CT molecular complexity index is 554. The Hall–Kier alpha value is -2.14. The van der Waals surface area contributed by atoms with Crippen LogP contribution in [0, 0.1) is 5.92 Å². The standard InChI is InChI=1S/C15H16N2O3/c18-15(13-7-9-20-17-13)16-10-12-6-8-19-14(12)11-4-2-1-3-5-11/h1-5,7,9,12,14H,6,8,10H2,(H,16,18)/t12-,14-/m1/s1. The molecule has 0 unspecified atom stereocenters. The van der Waals surface area contributed by atoms with Gasteiger partial charge >= 0.3 is 0 Å². The molecule has 3 rings (SSSR count). The molecular weight excluding hydrogens is 256 g/mol. The molecular formula is C15H16N2O3. The summed E-state index contributed by atoms with van der Waals surface area (Å²) in [6.45, 7) is 1.30. The van der Waals surface area contributed by atoms with Crippen LogP contribution < -0.4 is 5.32 Å². The largest absolute Gasteiger partial charge is 0.373 e. The maximum Gasteiger partial charge on any atom is 0.273 e. The number of nitrogens with one attached hydrogen (secondary N) is 1. The monoisotopic (exact) mass is 272 g/mol. The Labute approximate surface area is 116 Å². The van der Waals surface area contributed by atoms with Crippen LogP contribution in [0.4, 0.5) is 0 Å². The van der Waals surface area contributed by atoms with Crippen LogP contribution in [0.3, 0.4) is 0 Å². The number of aromatic nitrogens is 1. The molecule has 1 amide bonds. The second kappa shape index (κ2) is 5.88. The SMILES string of the molecule is O=C(NC[C@H]1CCO[C@@H]1c1ccccc1)c1ccon1. The minimum absolute atomic E-state index is 0.0498. The van der Waals surface area contributed by atoms with E-state index in [1.165, 1.54) is 6.26 Å². The lowest BCUT2D eigenvalue weighted by atomic mass is 9.95. The number of amides is 1. The number of ether oxygens (including phenoxy) is 1. The Morgan fingerprint density at radius 1 is 1.30 bits per heavy atom. The van der Waals surface area contributed by atoms with Crippen molar-refractivity contribution in [2.24, 2.45) is 5.92 Å². The molecule has 1 fully saturated rings. The predicted molar refractivity (Wildman–Crippen MR) is 72.1 cm³/mol. The van der Waals surface area contributed by atoms with Crippen molar-refractivity contribution in [3.05, 3.63) is 53.9 Å². The molecule has 0 saturated carbocycles. The van der Waals surface area contributed by atoms with Gasteiger partial charge in [0.15, 0.2) is 5.69 Å². The minimum Gasteiger partial charge on any atom is -0.373 e. The number of rotatable bonds is 4. The third-order valence-electron chi connectivity index (χ3n) is 3.54. The van der Waals surface area contributed by atoms with Crippen molar-refractivity contribution in [2.75, 3.05) is 13.2 Å². The first kappa shape index (κ1) is 12.9. The van der Waals surface area contributed by atoms with Gasteiger partial charge < -0.3 is 14.6 Å². The molecule has 2 aromatic rings. The van der Waals surface area contributed by atoms with E-state index in [0.717, 1.165) is 18.6 Å². The van der Waals surface area contributed by atoms with Gasteiger partial charge in [0.05, 0.1) is 6.10 Å². The fourth-order valence-corrected chi connectivity index (χ4v) is 2.50. The first-order chi connectivity index (χ1) is 9.84. The molecule has 2 heterocycles. The molecule has 0 spiro atoms. The first-order valence-corrected chi connectivity index (χ1v) is 6.70. The second-order valence-corrected chi connectivity index (χ2v) is 4.85. The first-order valence-electron chi connectivity index (χ1n) is 6.70. The lowest BCUT2D eigenvalue weighted by Crippen LogP contribution is -2.30. The number of carbonyl (C=O) groups is 1. The van der Waals surface area contributed by atoms with Crippen LogP contribution in [0.1, 0.15) is 28.6 Å². The molecule has 20 heavy (non-hydrogen) atoms. The summed E-state index contributed by atoms with van der Waals surface area (Å²) < 4.78 is 10.5. The summed E-state index contributed by atoms with van der Waals surface area (Å²) in [6, 6.07) is 11.7. The lowest BCUT2D eigenvalue weighted by molar-refractivity contribution is 0.0842. The summed E-state index contributed by atoms with van der Waals surface area (Å²) in [5.74, 6) is 0.0747. The molecule has 5 heteroatoms. The normalized spacial score (nSPS) is 21.8. The highest BCUT2D eigenvalue weighted by Gasteiger charge is 2.29. The molecule has 104 valence electrons. The van der Waals surface area contributed by atoms with Crippen LogP contribution in [0.25, 0.3) is 0 Å². The quantitative estimate of drug-likeness (QED) is 0.926. The number of hydrogen-bond acceptors (Lipinski definition) is 4. The van der Waals surface area contributed by atoms with E-state index in [9.17, 15) is 4.79 Å². The van der Waals surface area contributed by atoms with Gasteiger partial charge in [-0.2, -0.15) is 0 Å². The average Bonchev–Trinajstić information content (AvgIpc) is 3.17. The van der Waals surface area contributed by atoms with Crippen LogP contribution in [0.5, 0.6) is 0 Å². The van der Waals surface area contributed by atoms with Gasteiger partial charge in [-0.1, -0.05) is 35.5 Å². The highest BCUT2D eigenvalue weighted by molar-refractivity contribution is 5.91. The fraction of sp³-hybridized carbons (Fsp3) is 0.333. The van der Waals surface area contributed by atoms with Gasteiger partial charge in [0.25, 0.3) is 5.91 Å². The number of carbonyl (C=O) groups excluding carboxylic acids is 1. The number of nitrogens with zero attached hydrogens (tertiary/aromatic N) is 1. The van der Waals surface area contributed by atoms with E-state index in [1.807, 2.05) is 18.2 Å². The van der Waals surface area contributed by atoms with Crippen LogP contribution in [0.2, 0.25) is 0 Å². The highest BCUT2D eigenvalue weighted by Crippen LogP contribution is 2.33. The van der Waals surface area contributed by atoms with Crippen molar-refractivity contribution >= 4 is 5.91 Å². The van der Waals surface area contributed by atoms with Crippen LogP contribution in [-0.2, 0) is 4.74 Å². The zero-order valence-electron chi connectivity index (χ0n) is 11.0. The third kappa shape index (κ3) is 2.72. The van der Waals surface area contributed by atoms with E-state index in [4.69, 9.17) is 4.74 Å². The lowest BCUT2D eigenvalue weighted by Gasteiger charge is -2.19.